The lowest BCUT2D eigenvalue weighted by atomic mass is 10.1. The van der Waals surface area contributed by atoms with Crippen LogP contribution in [-0.4, -0.2) is 33.8 Å². The molecule has 2 heterocycles. The predicted octanol–water partition coefficient (Wildman–Crippen LogP) is 0.687. The third-order valence-corrected chi connectivity index (χ3v) is 3.68. The van der Waals surface area contributed by atoms with Crippen LogP contribution in [-0.2, 0) is 16.1 Å². The number of amides is 2. The minimum Gasteiger partial charge on any atom is -0.343 e. The summed E-state index contributed by atoms with van der Waals surface area (Å²) in [5.41, 5.74) is 0.842. The van der Waals surface area contributed by atoms with Crippen LogP contribution in [0, 0.1) is 6.92 Å². The number of carbonyl (C=O) groups excluding carboxylic acids is 2. The molecule has 17 heavy (non-hydrogen) atoms. The van der Waals surface area contributed by atoms with Crippen molar-refractivity contribution >= 4 is 23.2 Å². The molecule has 1 aromatic heterocycles. The summed E-state index contributed by atoms with van der Waals surface area (Å²) in [5.74, 6) is -0.160. The first kappa shape index (κ1) is 12.0. The molecule has 2 atom stereocenters. The molecule has 1 N–H and O–H groups in total. The van der Waals surface area contributed by atoms with Crippen molar-refractivity contribution in [2.45, 2.75) is 39.4 Å². The molecule has 5 nitrogen and oxygen atoms in total. The van der Waals surface area contributed by atoms with Crippen LogP contribution in [0.1, 0.15) is 24.5 Å². The van der Waals surface area contributed by atoms with E-state index in [1.807, 2.05) is 12.3 Å². The van der Waals surface area contributed by atoms with E-state index in [9.17, 15) is 9.59 Å². The SMILES string of the molecule is Cc1nc(CN2C(=O)C(C)NC(=O)C2C)cs1. The van der Waals surface area contributed by atoms with E-state index in [-0.39, 0.29) is 11.8 Å². The fourth-order valence-electron chi connectivity index (χ4n) is 1.85. The number of aryl methyl sites for hydroxylation is 1. The van der Waals surface area contributed by atoms with Gasteiger partial charge in [0.15, 0.2) is 0 Å². The summed E-state index contributed by atoms with van der Waals surface area (Å²) < 4.78 is 0. The smallest absolute Gasteiger partial charge is 0.245 e. The van der Waals surface area contributed by atoms with Crippen LogP contribution < -0.4 is 5.32 Å². The van der Waals surface area contributed by atoms with Gasteiger partial charge in [0, 0.05) is 5.38 Å². The Morgan fingerprint density at radius 3 is 2.76 bits per heavy atom. The second-order valence-corrected chi connectivity index (χ2v) is 5.29. The average molecular weight is 253 g/mol. The zero-order chi connectivity index (χ0) is 12.6. The van der Waals surface area contributed by atoms with Crippen LogP contribution in [0.2, 0.25) is 0 Å². The van der Waals surface area contributed by atoms with Gasteiger partial charge in [-0.05, 0) is 20.8 Å². The number of carbonyl (C=O) groups is 2. The van der Waals surface area contributed by atoms with Crippen molar-refractivity contribution in [3.05, 3.63) is 16.1 Å². The molecule has 92 valence electrons. The number of piperazine rings is 1. The van der Waals surface area contributed by atoms with Gasteiger partial charge in [-0.15, -0.1) is 11.3 Å². The van der Waals surface area contributed by atoms with E-state index in [0.717, 1.165) is 10.7 Å². The molecule has 1 aliphatic heterocycles. The Balaban J connectivity index is 2.17. The average Bonchev–Trinajstić information content (AvgIpc) is 2.68. The van der Waals surface area contributed by atoms with Crippen molar-refractivity contribution in [1.82, 2.24) is 15.2 Å². The number of nitrogens with one attached hydrogen (secondary N) is 1. The Morgan fingerprint density at radius 2 is 2.18 bits per heavy atom. The quantitative estimate of drug-likeness (QED) is 0.843. The first-order chi connectivity index (χ1) is 7.99. The van der Waals surface area contributed by atoms with Crippen LogP contribution >= 0.6 is 11.3 Å². The highest BCUT2D eigenvalue weighted by molar-refractivity contribution is 7.09. The summed E-state index contributed by atoms with van der Waals surface area (Å²) in [6, 6.07) is -0.876. The highest BCUT2D eigenvalue weighted by atomic mass is 32.1. The van der Waals surface area contributed by atoms with Crippen LogP contribution in [0.5, 0.6) is 0 Å². The lowest BCUT2D eigenvalue weighted by Gasteiger charge is -2.35. The van der Waals surface area contributed by atoms with E-state index in [2.05, 4.69) is 10.3 Å². The summed E-state index contributed by atoms with van der Waals surface area (Å²) in [5, 5.41) is 5.54. The van der Waals surface area contributed by atoms with E-state index < -0.39 is 12.1 Å². The van der Waals surface area contributed by atoms with Crippen LogP contribution in [0.3, 0.4) is 0 Å². The highest BCUT2D eigenvalue weighted by Crippen LogP contribution is 2.16. The van der Waals surface area contributed by atoms with Crippen LogP contribution in [0.25, 0.3) is 0 Å². The molecule has 0 aromatic carbocycles. The first-order valence-electron chi connectivity index (χ1n) is 5.51. The molecule has 2 rings (SSSR count). The van der Waals surface area contributed by atoms with Crippen LogP contribution in [0.4, 0.5) is 0 Å². The molecule has 1 saturated heterocycles. The number of nitrogens with zero attached hydrogens (tertiary/aromatic N) is 2. The lowest BCUT2D eigenvalue weighted by molar-refractivity contribution is -0.148. The molecule has 2 amide bonds. The fraction of sp³-hybridized carbons (Fsp3) is 0.545. The molecular weight excluding hydrogens is 238 g/mol. The second kappa shape index (κ2) is 4.44. The highest BCUT2D eigenvalue weighted by Gasteiger charge is 2.35. The second-order valence-electron chi connectivity index (χ2n) is 4.23. The maximum absolute atomic E-state index is 12.0. The number of thiazole rings is 1. The van der Waals surface area contributed by atoms with Crippen LogP contribution in [0.15, 0.2) is 5.38 Å². The van der Waals surface area contributed by atoms with Gasteiger partial charge in [-0.2, -0.15) is 0 Å². The topological polar surface area (TPSA) is 62.3 Å². The van der Waals surface area contributed by atoms with Gasteiger partial charge in [0.05, 0.1) is 17.2 Å². The van der Waals surface area contributed by atoms with E-state index in [0.29, 0.717) is 6.54 Å². The van der Waals surface area contributed by atoms with Crippen molar-refractivity contribution in [2.24, 2.45) is 0 Å². The van der Waals surface area contributed by atoms with Gasteiger partial charge in [-0.1, -0.05) is 0 Å². The summed E-state index contributed by atoms with van der Waals surface area (Å²) in [7, 11) is 0. The van der Waals surface area contributed by atoms with E-state index in [4.69, 9.17) is 0 Å². The maximum atomic E-state index is 12.0. The van der Waals surface area contributed by atoms with Gasteiger partial charge in [-0.25, -0.2) is 4.98 Å². The summed E-state index contributed by atoms with van der Waals surface area (Å²) in [6.07, 6.45) is 0. The number of rotatable bonds is 2. The Kier molecular flexibility index (Phi) is 3.15. The summed E-state index contributed by atoms with van der Waals surface area (Å²) in [6.45, 7) is 5.76. The first-order valence-corrected chi connectivity index (χ1v) is 6.39. The molecular formula is C11H15N3O2S. The minimum atomic E-state index is -0.446. The van der Waals surface area contributed by atoms with Crippen molar-refractivity contribution in [1.29, 1.82) is 0 Å². The molecule has 1 fully saturated rings. The molecule has 0 bridgehead atoms. The third kappa shape index (κ3) is 2.31. The third-order valence-electron chi connectivity index (χ3n) is 2.86. The van der Waals surface area contributed by atoms with E-state index in [1.54, 1.807) is 30.1 Å². The van der Waals surface area contributed by atoms with Gasteiger partial charge in [0.2, 0.25) is 11.8 Å². The van der Waals surface area contributed by atoms with Crippen molar-refractivity contribution < 1.29 is 9.59 Å². The molecule has 0 radical (unpaired) electrons. The Labute approximate surface area is 104 Å². The maximum Gasteiger partial charge on any atom is 0.245 e. The van der Waals surface area contributed by atoms with Crippen molar-refractivity contribution in [2.75, 3.05) is 0 Å². The van der Waals surface area contributed by atoms with Crippen molar-refractivity contribution in [3.8, 4) is 0 Å². The monoisotopic (exact) mass is 253 g/mol. The molecule has 2 unspecified atom stereocenters. The molecule has 1 aliphatic rings. The molecule has 0 aliphatic carbocycles. The fourth-order valence-corrected chi connectivity index (χ4v) is 2.45. The van der Waals surface area contributed by atoms with E-state index in [1.165, 1.54) is 0 Å². The van der Waals surface area contributed by atoms with Gasteiger partial charge >= 0.3 is 0 Å². The predicted molar refractivity (Wildman–Crippen MR) is 64.5 cm³/mol. The number of hydrogen-bond donors (Lipinski definition) is 1. The molecule has 1 aromatic rings. The van der Waals surface area contributed by atoms with Gasteiger partial charge < -0.3 is 10.2 Å². The summed E-state index contributed by atoms with van der Waals surface area (Å²) in [4.78, 5) is 29.5. The van der Waals surface area contributed by atoms with Gasteiger partial charge in [0.1, 0.15) is 12.1 Å². The molecule has 0 spiro atoms. The summed E-state index contributed by atoms with van der Waals surface area (Å²) >= 11 is 1.55. The van der Waals surface area contributed by atoms with Gasteiger partial charge in [-0.3, -0.25) is 9.59 Å². The normalized spacial score (nSPS) is 25.0. The van der Waals surface area contributed by atoms with E-state index >= 15 is 0 Å². The lowest BCUT2D eigenvalue weighted by Crippen LogP contribution is -2.60. The Bertz CT molecular complexity index is 457. The van der Waals surface area contributed by atoms with Gasteiger partial charge in [0.25, 0.3) is 0 Å². The number of aromatic nitrogens is 1. The standard InChI is InChI=1S/C11H15N3O2S/c1-6-11(16)14(7(2)10(15)12-6)4-9-5-17-8(3)13-9/h5-7H,4H2,1-3H3,(H,12,15). The zero-order valence-corrected chi connectivity index (χ0v) is 10.9. The minimum absolute atomic E-state index is 0.0530. The Morgan fingerprint density at radius 1 is 1.47 bits per heavy atom. The Hall–Kier alpha value is -1.43. The number of hydrogen-bond acceptors (Lipinski definition) is 4. The molecule has 6 heteroatoms. The largest absolute Gasteiger partial charge is 0.343 e. The zero-order valence-electron chi connectivity index (χ0n) is 10.1. The molecule has 0 saturated carbocycles. The van der Waals surface area contributed by atoms with Crippen molar-refractivity contribution in [3.63, 3.8) is 0 Å².